The minimum Gasteiger partial charge on any atom is -0.302 e. The van der Waals surface area contributed by atoms with Gasteiger partial charge in [0.1, 0.15) is 0 Å². The van der Waals surface area contributed by atoms with Gasteiger partial charge >= 0.3 is 14.6 Å². The minimum absolute atomic E-state index is 0.369. The lowest BCUT2D eigenvalue weighted by Gasteiger charge is -2.26. The molecule has 0 rings (SSSR count). The van der Waals surface area contributed by atoms with Crippen LogP contribution in [0.15, 0.2) is 0 Å². The highest BCUT2D eigenvalue weighted by atomic mass is 32.7. The van der Waals surface area contributed by atoms with Crippen molar-refractivity contribution in [2.24, 2.45) is 0 Å². The standard InChI is InChI=1S/C8H20O6P2S2/c1-7(2,3)17-14-16(12,13-15(9,10)11)18-8(4,5)6/h1-6H3,(H2,9,10,11). The van der Waals surface area contributed by atoms with E-state index in [4.69, 9.17) is 13.8 Å². The molecule has 10 heteroatoms. The molecule has 0 spiro atoms. The van der Waals surface area contributed by atoms with Crippen LogP contribution in [0.3, 0.4) is 0 Å². The summed E-state index contributed by atoms with van der Waals surface area (Å²) in [5, 5.41) is 0. The Balaban J connectivity index is 4.94. The summed E-state index contributed by atoms with van der Waals surface area (Å²) in [6.45, 7) is 6.77. The summed E-state index contributed by atoms with van der Waals surface area (Å²) in [7, 11) is -4.88. The zero-order valence-corrected chi connectivity index (χ0v) is 14.7. The molecule has 2 N–H and O–H groups in total. The van der Waals surface area contributed by atoms with E-state index in [9.17, 15) is 9.13 Å². The first-order valence-electron chi connectivity index (χ1n) is 5.07. The molecule has 110 valence electrons. The molecule has 0 aromatic rings. The molecule has 1 atom stereocenters. The molecule has 0 aromatic carbocycles. The van der Waals surface area contributed by atoms with Gasteiger partial charge in [0, 0.05) is 21.5 Å². The van der Waals surface area contributed by atoms with E-state index in [0.717, 1.165) is 23.4 Å². The molecule has 0 aliphatic heterocycles. The summed E-state index contributed by atoms with van der Waals surface area (Å²) in [5.41, 5.74) is 0. The van der Waals surface area contributed by atoms with Crippen LogP contribution in [-0.2, 0) is 17.4 Å². The van der Waals surface area contributed by atoms with Crippen LogP contribution in [-0.4, -0.2) is 19.3 Å². The van der Waals surface area contributed by atoms with Crippen LogP contribution in [0.25, 0.3) is 0 Å². The lowest BCUT2D eigenvalue weighted by Crippen LogP contribution is -2.10. The maximum Gasteiger partial charge on any atom is 0.477 e. The average Bonchev–Trinajstić information content (AvgIpc) is 1.91. The Kier molecular flexibility index (Phi) is 6.53. The van der Waals surface area contributed by atoms with Gasteiger partial charge in [0.15, 0.2) is 0 Å². The SMILES string of the molecule is CC(C)(C)SOP(=O)(OP(=O)(O)O)SC(C)(C)C. The van der Waals surface area contributed by atoms with Crippen molar-refractivity contribution in [1.29, 1.82) is 0 Å². The molecule has 0 fully saturated rings. The first kappa shape index (κ1) is 19.0. The van der Waals surface area contributed by atoms with Crippen LogP contribution < -0.4 is 0 Å². The molecule has 0 aromatic heterocycles. The molecule has 0 aliphatic rings. The highest BCUT2D eigenvalue weighted by Crippen LogP contribution is 2.73. The molecule has 0 saturated carbocycles. The van der Waals surface area contributed by atoms with Crippen LogP contribution in [0.4, 0.5) is 0 Å². The third kappa shape index (κ3) is 10.9. The van der Waals surface area contributed by atoms with Gasteiger partial charge in [0.2, 0.25) is 0 Å². The summed E-state index contributed by atoms with van der Waals surface area (Å²) in [5.74, 6) is 0. The Morgan fingerprint density at radius 3 is 1.67 bits per heavy atom. The molecule has 0 saturated heterocycles. The Morgan fingerprint density at radius 2 is 1.39 bits per heavy atom. The number of rotatable bonds is 5. The van der Waals surface area contributed by atoms with Gasteiger partial charge in [-0.1, -0.05) is 20.8 Å². The second-order valence-electron chi connectivity index (χ2n) is 5.49. The Labute approximate surface area is 116 Å². The first-order valence-corrected chi connectivity index (χ1v) is 10.3. The van der Waals surface area contributed by atoms with Crippen molar-refractivity contribution in [3.63, 3.8) is 0 Å². The predicted molar refractivity (Wildman–Crippen MR) is 76.5 cm³/mol. The third-order valence-electron chi connectivity index (χ3n) is 0.971. The van der Waals surface area contributed by atoms with Crippen LogP contribution in [0, 0.1) is 0 Å². The van der Waals surface area contributed by atoms with Crippen LogP contribution in [0.1, 0.15) is 41.5 Å². The monoisotopic (exact) mass is 338 g/mol. The fraction of sp³-hybridized carbons (Fsp3) is 1.00. The smallest absolute Gasteiger partial charge is 0.302 e. The van der Waals surface area contributed by atoms with Gasteiger partial charge in [-0.15, -0.1) is 0 Å². The van der Waals surface area contributed by atoms with Gasteiger partial charge in [-0.2, -0.15) is 4.31 Å². The zero-order valence-electron chi connectivity index (χ0n) is 11.2. The second-order valence-corrected chi connectivity index (χ2v) is 13.3. The van der Waals surface area contributed by atoms with E-state index in [-0.39, 0.29) is 4.75 Å². The van der Waals surface area contributed by atoms with E-state index < -0.39 is 19.4 Å². The van der Waals surface area contributed by atoms with Crippen molar-refractivity contribution < 1.29 is 27.2 Å². The fourth-order valence-corrected chi connectivity index (χ4v) is 7.89. The molecule has 1 unspecified atom stereocenters. The second kappa shape index (κ2) is 6.19. The van der Waals surface area contributed by atoms with Gasteiger partial charge in [-0.3, -0.25) is 0 Å². The lowest BCUT2D eigenvalue weighted by atomic mass is 10.3. The zero-order chi connectivity index (χ0) is 14.8. The van der Waals surface area contributed by atoms with Crippen molar-refractivity contribution in [2.45, 2.75) is 51.0 Å². The largest absolute Gasteiger partial charge is 0.477 e. The molecular formula is C8H20O6P2S2. The molecular weight excluding hydrogens is 318 g/mol. The van der Waals surface area contributed by atoms with E-state index >= 15 is 0 Å². The van der Waals surface area contributed by atoms with Crippen molar-refractivity contribution in [2.75, 3.05) is 0 Å². The average molecular weight is 338 g/mol. The summed E-state index contributed by atoms with van der Waals surface area (Å²) >= 11 is 1.64. The van der Waals surface area contributed by atoms with E-state index in [1.807, 2.05) is 20.8 Å². The molecule has 0 heterocycles. The fourth-order valence-electron chi connectivity index (χ4n) is 0.669. The molecule has 0 aliphatic carbocycles. The van der Waals surface area contributed by atoms with Gasteiger partial charge < -0.3 is 9.79 Å². The quantitative estimate of drug-likeness (QED) is 0.569. The van der Waals surface area contributed by atoms with E-state index in [0.29, 0.717) is 0 Å². The minimum atomic E-state index is -4.88. The molecule has 0 amide bonds. The summed E-state index contributed by atoms with van der Waals surface area (Å²) in [6.07, 6.45) is 0. The van der Waals surface area contributed by atoms with Crippen molar-refractivity contribution in [3.8, 4) is 0 Å². The van der Waals surface area contributed by atoms with Crippen LogP contribution >= 0.6 is 38.0 Å². The third-order valence-corrected chi connectivity index (χ3v) is 8.38. The van der Waals surface area contributed by atoms with Gasteiger partial charge in [-0.05, 0) is 32.2 Å². The number of hydrogen-bond donors (Lipinski definition) is 2. The highest BCUT2D eigenvalue weighted by Gasteiger charge is 2.40. The van der Waals surface area contributed by atoms with Crippen molar-refractivity contribution >= 4 is 38.0 Å². The number of hydrogen-bond acceptors (Lipinski definition) is 6. The summed E-state index contributed by atoms with van der Waals surface area (Å²) < 4.78 is 31.7. The first-order chi connectivity index (χ1) is 7.62. The Bertz CT molecular complexity index is 367. The lowest BCUT2D eigenvalue weighted by molar-refractivity contribution is 0.275. The maximum atomic E-state index is 12.3. The molecule has 0 bridgehead atoms. The summed E-state index contributed by atoms with van der Waals surface area (Å²) in [4.78, 5) is 17.6. The van der Waals surface area contributed by atoms with E-state index in [1.165, 1.54) is 0 Å². The van der Waals surface area contributed by atoms with E-state index in [1.54, 1.807) is 20.8 Å². The molecule has 0 radical (unpaired) electrons. The topological polar surface area (TPSA) is 93.1 Å². The van der Waals surface area contributed by atoms with Crippen LogP contribution in [0.5, 0.6) is 0 Å². The normalized spacial score (nSPS) is 17.6. The van der Waals surface area contributed by atoms with Crippen molar-refractivity contribution in [3.05, 3.63) is 0 Å². The van der Waals surface area contributed by atoms with Gasteiger partial charge in [0.05, 0.1) is 0 Å². The van der Waals surface area contributed by atoms with Crippen LogP contribution in [0.2, 0.25) is 0 Å². The number of phosphoric acid groups is 1. The summed E-state index contributed by atoms with van der Waals surface area (Å²) in [6, 6.07) is 0. The van der Waals surface area contributed by atoms with Crippen molar-refractivity contribution in [1.82, 2.24) is 0 Å². The van der Waals surface area contributed by atoms with Gasteiger partial charge in [0.25, 0.3) is 0 Å². The maximum absolute atomic E-state index is 12.3. The highest BCUT2D eigenvalue weighted by molar-refractivity contribution is 8.57. The Hall–Kier alpha value is 1.000. The molecule has 18 heavy (non-hydrogen) atoms. The van der Waals surface area contributed by atoms with E-state index in [2.05, 4.69) is 4.31 Å². The van der Waals surface area contributed by atoms with Gasteiger partial charge in [-0.25, -0.2) is 13.1 Å². The Morgan fingerprint density at radius 1 is 0.944 bits per heavy atom. The molecule has 6 nitrogen and oxygen atoms in total. The predicted octanol–water partition coefficient (Wildman–Crippen LogP) is 4.20.